The normalized spacial score (nSPS) is 15.9. The van der Waals surface area contributed by atoms with Gasteiger partial charge in [-0.25, -0.2) is 8.78 Å². The third-order valence-electron chi connectivity index (χ3n) is 2.65. The Labute approximate surface area is 86.3 Å². The van der Waals surface area contributed by atoms with Crippen molar-refractivity contribution in [2.24, 2.45) is 5.92 Å². The van der Waals surface area contributed by atoms with Gasteiger partial charge >= 0.3 is 0 Å². The largest absolute Gasteiger partial charge is 0.309 e. The zero-order valence-electron chi connectivity index (χ0n) is 9.52. The topological polar surface area (TPSA) is 12.0 Å². The van der Waals surface area contributed by atoms with Crippen molar-refractivity contribution in [3.8, 4) is 0 Å². The Hall–Kier alpha value is -0.180. The molecule has 0 amide bonds. The lowest BCUT2D eigenvalue weighted by atomic mass is 9.99. The Morgan fingerprint density at radius 2 is 1.86 bits per heavy atom. The van der Waals surface area contributed by atoms with Crippen molar-refractivity contribution in [3.05, 3.63) is 0 Å². The lowest BCUT2D eigenvalue weighted by Crippen LogP contribution is -2.36. The van der Waals surface area contributed by atoms with Crippen LogP contribution in [-0.2, 0) is 0 Å². The van der Waals surface area contributed by atoms with E-state index in [4.69, 9.17) is 0 Å². The molecule has 0 saturated heterocycles. The van der Waals surface area contributed by atoms with Crippen LogP contribution in [0, 0.1) is 5.92 Å². The van der Waals surface area contributed by atoms with Gasteiger partial charge in [-0.1, -0.05) is 33.1 Å². The standard InChI is InChI=1S/C11H23F2N/c1-4-6-7-10(5-2)8-14-9(3)11(12)13/h9-11,14H,4-8H2,1-3H3. The molecule has 0 bridgehead atoms. The minimum atomic E-state index is -2.25. The summed E-state index contributed by atoms with van der Waals surface area (Å²) in [6, 6.07) is -0.675. The molecule has 2 atom stereocenters. The number of hydrogen-bond acceptors (Lipinski definition) is 1. The van der Waals surface area contributed by atoms with Gasteiger partial charge in [0.2, 0.25) is 0 Å². The summed E-state index contributed by atoms with van der Waals surface area (Å²) < 4.78 is 24.3. The molecule has 0 saturated carbocycles. The van der Waals surface area contributed by atoms with E-state index in [1.165, 1.54) is 19.8 Å². The monoisotopic (exact) mass is 207 g/mol. The number of hydrogen-bond donors (Lipinski definition) is 1. The van der Waals surface area contributed by atoms with Crippen LogP contribution in [-0.4, -0.2) is 19.0 Å². The van der Waals surface area contributed by atoms with Crippen molar-refractivity contribution >= 4 is 0 Å². The van der Waals surface area contributed by atoms with Gasteiger partial charge in [-0.2, -0.15) is 0 Å². The molecular weight excluding hydrogens is 184 g/mol. The minimum Gasteiger partial charge on any atom is -0.309 e. The first-order chi connectivity index (χ1) is 6.61. The molecule has 2 unspecified atom stereocenters. The minimum absolute atomic E-state index is 0.552. The molecular formula is C11H23F2N. The predicted octanol–water partition coefficient (Wildman–Crippen LogP) is 3.45. The average molecular weight is 207 g/mol. The van der Waals surface area contributed by atoms with Gasteiger partial charge < -0.3 is 5.32 Å². The third-order valence-corrected chi connectivity index (χ3v) is 2.65. The van der Waals surface area contributed by atoms with Crippen LogP contribution < -0.4 is 5.32 Å². The van der Waals surface area contributed by atoms with Gasteiger partial charge in [0.05, 0.1) is 6.04 Å². The van der Waals surface area contributed by atoms with Crippen molar-refractivity contribution in [3.63, 3.8) is 0 Å². The highest BCUT2D eigenvalue weighted by molar-refractivity contribution is 4.67. The number of rotatable bonds is 8. The molecule has 3 heteroatoms. The van der Waals surface area contributed by atoms with Gasteiger partial charge in [0, 0.05) is 0 Å². The van der Waals surface area contributed by atoms with Gasteiger partial charge in [0.1, 0.15) is 0 Å². The molecule has 0 heterocycles. The summed E-state index contributed by atoms with van der Waals surface area (Å²) >= 11 is 0. The Kier molecular flexibility index (Phi) is 8.05. The van der Waals surface area contributed by atoms with Crippen LogP contribution in [0.1, 0.15) is 46.5 Å². The van der Waals surface area contributed by atoms with Gasteiger partial charge in [-0.15, -0.1) is 0 Å². The van der Waals surface area contributed by atoms with Crippen molar-refractivity contribution in [2.45, 2.75) is 58.9 Å². The molecule has 86 valence electrons. The van der Waals surface area contributed by atoms with Crippen LogP contribution in [0.4, 0.5) is 8.78 Å². The second-order valence-electron chi connectivity index (χ2n) is 3.95. The van der Waals surface area contributed by atoms with Crippen LogP contribution in [0.2, 0.25) is 0 Å². The SMILES string of the molecule is CCCCC(CC)CNC(C)C(F)F. The molecule has 0 radical (unpaired) electrons. The summed E-state index contributed by atoms with van der Waals surface area (Å²) in [5.41, 5.74) is 0. The van der Waals surface area contributed by atoms with E-state index in [2.05, 4.69) is 19.2 Å². The van der Waals surface area contributed by atoms with E-state index >= 15 is 0 Å². The van der Waals surface area contributed by atoms with Gasteiger partial charge in [-0.3, -0.25) is 0 Å². The summed E-state index contributed by atoms with van der Waals surface area (Å²) in [6.07, 6.45) is 2.35. The van der Waals surface area contributed by atoms with E-state index in [-0.39, 0.29) is 0 Å². The third kappa shape index (κ3) is 6.30. The second kappa shape index (κ2) is 8.16. The van der Waals surface area contributed by atoms with Crippen LogP contribution >= 0.6 is 0 Å². The molecule has 14 heavy (non-hydrogen) atoms. The highest BCUT2D eigenvalue weighted by atomic mass is 19.3. The Morgan fingerprint density at radius 1 is 1.21 bits per heavy atom. The zero-order chi connectivity index (χ0) is 11.0. The smallest absolute Gasteiger partial charge is 0.253 e. The van der Waals surface area contributed by atoms with Gasteiger partial charge in [0.25, 0.3) is 6.43 Å². The first kappa shape index (κ1) is 13.8. The Morgan fingerprint density at radius 3 is 2.29 bits per heavy atom. The number of nitrogens with one attached hydrogen (secondary N) is 1. The number of unbranched alkanes of at least 4 members (excludes halogenated alkanes) is 1. The Bertz CT molecular complexity index is 128. The summed E-state index contributed by atoms with van der Waals surface area (Å²) in [5.74, 6) is 0.552. The van der Waals surface area contributed by atoms with E-state index in [9.17, 15) is 8.78 Å². The maximum absolute atomic E-state index is 12.2. The predicted molar refractivity (Wildman–Crippen MR) is 56.8 cm³/mol. The number of alkyl halides is 2. The molecule has 0 spiro atoms. The summed E-state index contributed by atoms with van der Waals surface area (Å²) in [5, 5.41) is 2.89. The molecule has 0 aliphatic heterocycles. The summed E-state index contributed by atoms with van der Waals surface area (Å²) in [7, 11) is 0. The van der Waals surface area contributed by atoms with Crippen molar-refractivity contribution in [1.82, 2.24) is 5.32 Å². The van der Waals surface area contributed by atoms with Crippen LogP contribution in [0.5, 0.6) is 0 Å². The molecule has 1 N–H and O–H groups in total. The lowest BCUT2D eigenvalue weighted by molar-refractivity contribution is 0.103. The Balaban J connectivity index is 3.60. The second-order valence-corrected chi connectivity index (χ2v) is 3.95. The maximum atomic E-state index is 12.2. The van der Waals surface area contributed by atoms with Gasteiger partial charge in [0.15, 0.2) is 0 Å². The van der Waals surface area contributed by atoms with E-state index in [0.29, 0.717) is 5.92 Å². The first-order valence-corrected chi connectivity index (χ1v) is 5.63. The fourth-order valence-corrected chi connectivity index (χ4v) is 1.38. The van der Waals surface area contributed by atoms with Crippen LogP contribution in [0.3, 0.4) is 0 Å². The van der Waals surface area contributed by atoms with Crippen molar-refractivity contribution < 1.29 is 8.78 Å². The maximum Gasteiger partial charge on any atom is 0.253 e. The molecule has 0 fully saturated rings. The highest BCUT2D eigenvalue weighted by Crippen LogP contribution is 2.12. The molecule has 0 aromatic carbocycles. The van der Waals surface area contributed by atoms with Crippen molar-refractivity contribution in [2.75, 3.05) is 6.54 Å². The fourth-order valence-electron chi connectivity index (χ4n) is 1.38. The van der Waals surface area contributed by atoms with E-state index in [1.54, 1.807) is 0 Å². The zero-order valence-corrected chi connectivity index (χ0v) is 9.52. The van der Waals surface area contributed by atoms with Crippen LogP contribution in [0.15, 0.2) is 0 Å². The van der Waals surface area contributed by atoms with Crippen LogP contribution in [0.25, 0.3) is 0 Å². The molecule has 0 aromatic heterocycles. The molecule has 0 aliphatic rings. The van der Waals surface area contributed by atoms with Gasteiger partial charge in [-0.05, 0) is 25.8 Å². The molecule has 1 nitrogen and oxygen atoms in total. The quantitative estimate of drug-likeness (QED) is 0.643. The number of halogens is 2. The lowest BCUT2D eigenvalue weighted by Gasteiger charge is -2.18. The summed E-state index contributed by atoms with van der Waals surface area (Å²) in [6.45, 7) is 6.54. The van der Waals surface area contributed by atoms with E-state index in [1.807, 2.05) is 0 Å². The fraction of sp³-hybridized carbons (Fsp3) is 1.00. The molecule has 0 aromatic rings. The van der Waals surface area contributed by atoms with E-state index < -0.39 is 12.5 Å². The van der Waals surface area contributed by atoms with E-state index in [0.717, 1.165) is 19.4 Å². The average Bonchev–Trinajstić information content (AvgIpc) is 2.17. The highest BCUT2D eigenvalue weighted by Gasteiger charge is 2.15. The first-order valence-electron chi connectivity index (χ1n) is 5.63. The molecule has 0 rings (SSSR count). The molecule has 0 aliphatic carbocycles. The summed E-state index contributed by atoms with van der Waals surface area (Å²) in [4.78, 5) is 0. The van der Waals surface area contributed by atoms with Crippen molar-refractivity contribution in [1.29, 1.82) is 0 Å².